The molecule has 1 aliphatic heterocycles. The SMILES string of the molecule is Cc1cc(Oc2ccc3c(c2)CN(C(=O)Cc2csc(N)n2)CC3)ccc1C(F)(F)F. The average Bonchev–Trinajstić information content (AvgIpc) is 3.11. The topological polar surface area (TPSA) is 68.5 Å². The second-order valence-electron chi connectivity index (χ2n) is 7.43. The molecular formula is C22H20F3N3O2S. The summed E-state index contributed by atoms with van der Waals surface area (Å²) in [5.74, 6) is 0.815. The van der Waals surface area contributed by atoms with E-state index in [0.29, 0.717) is 35.4 Å². The molecule has 2 heterocycles. The third-order valence-electron chi connectivity index (χ3n) is 5.18. The Morgan fingerprint density at radius 1 is 1.19 bits per heavy atom. The summed E-state index contributed by atoms with van der Waals surface area (Å²) >= 11 is 1.30. The Morgan fingerprint density at radius 2 is 1.94 bits per heavy atom. The molecule has 1 aliphatic rings. The van der Waals surface area contributed by atoms with E-state index in [1.165, 1.54) is 30.4 Å². The molecule has 0 saturated carbocycles. The third-order valence-corrected chi connectivity index (χ3v) is 5.91. The fraction of sp³-hybridized carbons (Fsp3) is 0.273. The Bertz CT molecular complexity index is 1130. The highest BCUT2D eigenvalue weighted by Crippen LogP contribution is 2.35. The van der Waals surface area contributed by atoms with Gasteiger partial charge < -0.3 is 15.4 Å². The highest BCUT2D eigenvalue weighted by molar-refractivity contribution is 7.13. The van der Waals surface area contributed by atoms with Gasteiger partial charge in [-0.3, -0.25) is 4.79 Å². The number of amides is 1. The summed E-state index contributed by atoms with van der Waals surface area (Å²) in [6, 6.07) is 9.27. The minimum atomic E-state index is -4.39. The van der Waals surface area contributed by atoms with Crippen LogP contribution < -0.4 is 10.5 Å². The van der Waals surface area contributed by atoms with Crippen LogP contribution in [0.3, 0.4) is 0 Å². The summed E-state index contributed by atoms with van der Waals surface area (Å²) < 4.78 is 44.7. The molecular weight excluding hydrogens is 427 g/mol. The summed E-state index contributed by atoms with van der Waals surface area (Å²) in [4.78, 5) is 18.5. The van der Waals surface area contributed by atoms with E-state index in [-0.39, 0.29) is 17.9 Å². The molecule has 0 bridgehead atoms. The van der Waals surface area contributed by atoms with Crippen molar-refractivity contribution in [3.05, 3.63) is 69.7 Å². The van der Waals surface area contributed by atoms with Crippen molar-refractivity contribution in [3.63, 3.8) is 0 Å². The van der Waals surface area contributed by atoms with Crippen molar-refractivity contribution < 1.29 is 22.7 Å². The number of nitrogen functional groups attached to an aromatic ring is 1. The van der Waals surface area contributed by atoms with Crippen LogP contribution in [0.25, 0.3) is 0 Å². The first-order chi connectivity index (χ1) is 14.7. The van der Waals surface area contributed by atoms with Gasteiger partial charge in [0.1, 0.15) is 11.5 Å². The number of rotatable bonds is 4. The number of anilines is 1. The lowest BCUT2D eigenvalue weighted by molar-refractivity contribution is -0.138. The van der Waals surface area contributed by atoms with Crippen LogP contribution in [0.15, 0.2) is 41.8 Å². The number of nitrogens with two attached hydrogens (primary N) is 1. The Kier molecular flexibility index (Phi) is 5.62. The maximum atomic E-state index is 13.0. The van der Waals surface area contributed by atoms with Crippen LogP contribution in [0.5, 0.6) is 11.5 Å². The summed E-state index contributed by atoms with van der Waals surface area (Å²) in [6.07, 6.45) is -3.47. The van der Waals surface area contributed by atoms with Gasteiger partial charge in [-0.25, -0.2) is 4.98 Å². The first-order valence-corrected chi connectivity index (χ1v) is 10.5. The van der Waals surface area contributed by atoms with E-state index >= 15 is 0 Å². The fourth-order valence-electron chi connectivity index (χ4n) is 3.63. The van der Waals surface area contributed by atoms with Crippen LogP contribution >= 0.6 is 11.3 Å². The molecule has 0 spiro atoms. The number of alkyl halides is 3. The van der Waals surface area contributed by atoms with Crippen LogP contribution in [0.2, 0.25) is 0 Å². The molecule has 0 unspecified atom stereocenters. The zero-order chi connectivity index (χ0) is 22.2. The molecule has 1 amide bonds. The maximum Gasteiger partial charge on any atom is 0.416 e. The molecule has 0 saturated heterocycles. The number of carbonyl (C=O) groups is 1. The number of halogens is 3. The quantitative estimate of drug-likeness (QED) is 0.613. The number of benzene rings is 2. The van der Waals surface area contributed by atoms with Crippen LogP contribution in [-0.4, -0.2) is 22.3 Å². The third kappa shape index (κ3) is 4.82. The van der Waals surface area contributed by atoms with Gasteiger partial charge in [0.05, 0.1) is 17.7 Å². The molecule has 2 N–H and O–H groups in total. The number of hydrogen-bond donors (Lipinski definition) is 1. The molecule has 0 aliphatic carbocycles. The van der Waals surface area contributed by atoms with Crippen molar-refractivity contribution in [3.8, 4) is 11.5 Å². The van der Waals surface area contributed by atoms with E-state index in [1.54, 1.807) is 16.3 Å². The summed E-state index contributed by atoms with van der Waals surface area (Å²) in [5.41, 5.74) is 7.79. The van der Waals surface area contributed by atoms with Crippen LogP contribution in [0, 0.1) is 6.92 Å². The van der Waals surface area contributed by atoms with Gasteiger partial charge in [-0.1, -0.05) is 6.07 Å². The van der Waals surface area contributed by atoms with Gasteiger partial charge in [0.2, 0.25) is 5.91 Å². The van der Waals surface area contributed by atoms with Gasteiger partial charge in [-0.05, 0) is 60.4 Å². The van der Waals surface area contributed by atoms with E-state index in [0.717, 1.165) is 23.6 Å². The van der Waals surface area contributed by atoms with Gasteiger partial charge in [0, 0.05) is 18.5 Å². The molecule has 1 aromatic heterocycles. The molecule has 5 nitrogen and oxygen atoms in total. The van der Waals surface area contributed by atoms with Crippen molar-refractivity contribution in [2.45, 2.75) is 32.5 Å². The lowest BCUT2D eigenvalue weighted by atomic mass is 9.99. The largest absolute Gasteiger partial charge is 0.457 e. The van der Waals surface area contributed by atoms with E-state index in [4.69, 9.17) is 10.5 Å². The predicted molar refractivity (Wildman–Crippen MR) is 112 cm³/mol. The number of nitrogens with zero attached hydrogens (tertiary/aromatic N) is 2. The first-order valence-electron chi connectivity index (χ1n) is 9.64. The second-order valence-corrected chi connectivity index (χ2v) is 8.32. The molecule has 0 fully saturated rings. The predicted octanol–water partition coefficient (Wildman–Crippen LogP) is 4.97. The zero-order valence-corrected chi connectivity index (χ0v) is 17.5. The van der Waals surface area contributed by atoms with Crippen LogP contribution in [0.1, 0.15) is 27.9 Å². The number of hydrogen-bond acceptors (Lipinski definition) is 5. The summed E-state index contributed by atoms with van der Waals surface area (Å²) in [6.45, 7) is 2.46. The van der Waals surface area contributed by atoms with Gasteiger partial charge in [0.25, 0.3) is 0 Å². The number of ether oxygens (including phenoxy) is 1. The minimum Gasteiger partial charge on any atom is -0.457 e. The van der Waals surface area contributed by atoms with E-state index in [2.05, 4.69) is 4.98 Å². The highest BCUT2D eigenvalue weighted by atomic mass is 32.1. The number of carbonyl (C=O) groups excluding carboxylic acids is 1. The lowest BCUT2D eigenvalue weighted by Gasteiger charge is -2.29. The van der Waals surface area contributed by atoms with E-state index in [9.17, 15) is 18.0 Å². The number of thiazole rings is 1. The molecule has 162 valence electrons. The minimum absolute atomic E-state index is 0.0272. The Labute approximate surface area is 181 Å². The Hall–Kier alpha value is -3.07. The number of aryl methyl sites for hydroxylation is 1. The highest BCUT2D eigenvalue weighted by Gasteiger charge is 2.32. The summed E-state index contributed by atoms with van der Waals surface area (Å²) in [7, 11) is 0. The molecule has 2 aromatic carbocycles. The van der Waals surface area contributed by atoms with Crippen LogP contribution in [-0.2, 0) is 30.4 Å². The molecule has 0 atom stereocenters. The molecule has 0 radical (unpaired) electrons. The Morgan fingerprint density at radius 3 is 2.61 bits per heavy atom. The Balaban J connectivity index is 1.47. The molecule has 3 aromatic rings. The van der Waals surface area contributed by atoms with Crippen molar-refractivity contribution in [2.75, 3.05) is 12.3 Å². The fourth-order valence-corrected chi connectivity index (χ4v) is 4.20. The monoisotopic (exact) mass is 447 g/mol. The van der Waals surface area contributed by atoms with Gasteiger partial charge >= 0.3 is 6.18 Å². The molecule has 9 heteroatoms. The maximum absolute atomic E-state index is 13.0. The second kappa shape index (κ2) is 8.22. The standard InChI is InChI=1S/C22H20F3N3O2S/c1-13-8-17(4-5-19(13)22(23,24)25)30-18-3-2-14-6-7-28(11-15(14)9-18)20(29)10-16-12-31-21(26)27-16/h2-5,8-9,12H,6-7,10-11H2,1H3,(H2,26,27). The number of aromatic nitrogens is 1. The molecule has 31 heavy (non-hydrogen) atoms. The van der Waals surface area contributed by atoms with E-state index in [1.807, 2.05) is 12.1 Å². The van der Waals surface area contributed by atoms with Crippen molar-refractivity contribution in [1.29, 1.82) is 0 Å². The smallest absolute Gasteiger partial charge is 0.416 e. The van der Waals surface area contributed by atoms with E-state index < -0.39 is 11.7 Å². The average molecular weight is 447 g/mol. The lowest BCUT2D eigenvalue weighted by Crippen LogP contribution is -2.37. The van der Waals surface area contributed by atoms with Crippen molar-refractivity contribution >= 4 is 22.4 Å². The normalized spacial score (nSPS) is 13.7. The van der Waals surface area contributed by atoms with Crippen molar-refractivity contribution in [2.24, 2.45) is 0 Å². The molecule has 4 rings (SSSR count). The number of fused-ring (bicyclic) bond motifs is 1. The van der Waals surface area contributed by atoms with Crippen molar-refractivity contribution in [1.82, 2.24) is 9.88 Å². The van der Waals surface area contributed by atoms with Gasteiger partial charge in [-0.2, -0.15) is 13.2 Å². The van der Waals surface area contributed by atoms with Crippen LogP contribution in [0.4, 0.5) is 18.3 Å². The first kappa shape index (κ1) is 21.2. The van der Waals surface area contributed by atoms with Gasteiger partial charge in [-0.15, -0.1) is 11.3 Å². The summed E-state index contributed by atoms with van der Waals surface area (Å²) in [5, 5.41) is 2.22. The zero-order valence-electron chi connectivity index (χ0n) is 16.7. The van der Waals surface area contributed by atoms with Gasteiger partial charge in [0.15, 0.2) is 5.13 Å².